The van der Waals surface area contributed by atoms with Gasteiger partial charge in [-0.05, 0) is 19.4 Å². The molecule has 2 aromatic rings. The van der Waals surface area contributed by atoms with E-state index in [0.717, 1.165) is 5.01 Å². The Balaban J connectivity index is 2.27. The Morgan fingerprint density at radius 2 is 1.89 bits per heavy atom. The zero-order chi connectivity index (χ0) is 13.5. The van der Waals surface area contributed by atoms with Gasteiger partial charge in [0, 0.05) is 24.0 Å². The van der Waals surface area contributed by atoms with Crippen molar-refractivity contribution in [3.05, 3.63) is 15.4 Å². The molecule has 0 bridgehead atoms. The van der Waals surface area contributed by atoms with Gasteiger partial charge in [0.05, 0.1) is 10.1 Å². The summed E-state index contributed by atoms with van der Waals surface area (Å²) in [6.45, 7) is 6.82. The Bertz CT molecular complexity index is 682. The van der Waals surface area contributed by atoms with Crippen LogP contribution in [0, 0.1) is 20.8 Å². The van der Waals surface area contributed by atoms with Gasteiger partial charge < -0.3 is 4.55 Å². The van der Waals surface area contributed by atoms with Gasteiger partial charge >= 0.3 is 0 Å². The number of hydrogen-bond donors (Lipinski definition) is 0. The van der Waals surface area contributed by atoms with Crippen molar-refractivity contribution in [2.45, 2.75) is 33.7 Å². The van der Waals surface area contributed by atoms with E-state index in [1.165, 1.54) is 20.0 Å². The fourth-order valence-electron chi connectivity index (χ4n) is 1.89. The Kier molecular flexibility index (Phi) is 3.77. The first-order valence-corrected chi connectivity index (χ1v) is 8.83. The fraction of sp³-hybridized carbons (Fsp3) is 0.545. The average molecular weight is 305 g/mol. The minimum Gasteiger partial charge on any atom is -0.748 e. The Morgan fingerprint density at radius 1 is 1.22 bits per heavy atom. The molecular weight excluding hydrogens is 290 g/mol. The number of hydrogen-bond acceptors (Lipinski definition) is 5. The van der Waals surface area contributed by atoms with Crippen LogP contribution in [0.3, 0.4) is 0 Å². The number of aromatic nitrogens is 1. The summed E-state index contributed by atoms with van der Waals surface area (Å²) in [7, 11) is -4.10. The molecule has 2 rings (SSSR count). The SMILES string of the molecule is Cc1sc2c(sc(C)[n+]2CCCS(=O)(=O)[O-])c1C. The third kappa shape index (κ3) is 2.74. The maximum Gasteiger partial charge on any atom is 0.280 e. The van der Waals surface area contributed by atoms with Crippen LogP contribution in [0.5, 0.6) is 0 Å². The number of thiazole rings is 1. The molecule has 0 aliphatic rings. The first kappa shape index (κ1) is 13.9. The minimum absolute atomic E-state index is 0.292. The van der Waals surface area contributed by atoms with Gasteiger partial charge in [-0.15, -0.1) is 0 Å². The molecule has 0 aliphatic heterocycles. The Morgan fingerprint density at radius 3 is 2.50 bits per heavy atom. The average Bonchev–Trinajstić information content (AvgIpc) is 2.67. The van der Waals surface area contributed by atoms with Crippen molar-refractivity contribution in [2.75, 3.05) is 5.75 Å². The van der Waals surface area contributed by atoms with E-state index in [9.17, 15) is 13.0 Å². The molecule has 0 amide bonds. The summed E-state index contributed by atoms with van der Waals surface area (Å²) in [4.78, 5) is 2.48. The standard InChI is InChI=1S/C11H15NO3S3/c1-7-8(2)16-11-10(7)17-9(3)12(11)5-4-6-18(13,14)15/h4-6H2,1-3H3. The lowest BCUT2D eigenvalue weighted by Crippen LogP contribution is -2.35. The molecule has 0 saturated carbocycles. The lowest BCUT2D eigenvalue weighted by Gasteiger charge is -2.03. The molecule has 0 aliphatic carbocycles. The highest BCUT2D eigenvalue weighted by Crippen LogP contribution is 2.32. The monoisotopic (exact) mass is 305 g/mol. The van der Waals surface area contributed by atoms with Gasteiger partial charge in [0.15, 0.2) is 6.54 Å². The maximum atomic E-state index is 10.6. The van der Waals surface area contributed by atoms with Crippen molar-refractivity contribution in [3.63, 3.8) is 0 Å². The van der Waals surface area contributed by atoms with E-state index in [-0.39, 0.29) is 5.75 Å². The van der Waals surface area contributed by atoms with Crippen molar-refractivity contribution in [1.82, 2.24) is 0 Å². The van der Waals surface area contributed by atoms with E-state index in [2.05, 4.69) is 18.4 Å². The van der Waals surface area contributed by atoms with Crippen molar-refractivity contribution < 1.29 is 17.5 Å². The molecular formula is C11H15NO3S3. The third-order valence-electron chi connectivity index (χ3n) is 2.96. The lowest BCUT2D eigenvalue weighted by molar-refractivity contribution is -0.670. The fourth-order valence-corrected chi connectivity index (χ4v) is 4.97. The molecule has 0 saturated heterocycles. The third-order valence-corrected chi connectivity index (χ3v) is 6.33. The van der Waals surface area contributed by atoms with E-state index < -0.39 is 10.1 Å². The van der Waals surface area contributed by atoms with Crippen molar-refractivity contribution >= 4 is 42.3 Å². The number of aryl methyl sites for hydroxylation is 4. The van der Waals surface area contributed by atoms with Gasteiger partial charge in [-0.1, -0.05) is 22.7 Å². The highest BCUT2D eigenvalue weighted by molar-refractivity contribution is 7.85. The molecule has 0 aromatic carbocycles. The molecule has 7 heteroatoms. The number of rotatable bonds is 4. The van der Waals surface area contributed by atoms with Crippen LogP contribution in [0.2, 0.25) is 0 Å². The second-order valence-corrected chi connectivity index (χ2v) is 8.24. The molecule has 0 fully saturated rings. The first-order valence-electron chi connectivity index (χ1n) is 5.62. The largest absolute Gasteiger partial charge is 0.748 e. The second kappa shape index (κ2) is 4.88. The summed E-state index contributed by atoms with van der Waals surface area (Å²) < 4.78 is 35.2. The molecule has 0 spiro atoms. The summed E-state index contributed by atoms with van der Waals surface area (Å²) in [5.74, 6) is -0.292. The topological polar surface area (TPSA) is 61.1 Å². The molecule has 2 aromatic heterocycles. The molecule has 0 N–H and O–H groups in total. The summed E-state index contributed by atoms with van der Waals surface area (Å²) in [6, 6.07) is 0. The zero-order valence-corrected chi connectivity index (χ0v) is 13.0. The molecule has 100 valence electrons. The maximum absolute atomic E-state index is 10.6. The van der Waals surface area contributed by atoms with Gasteiger partial charge in [0.1, 0.15) is 4.70 Å². The Labute approximate surface area is 115 Å². The summed E-state index contributed by atoms with van der Waals surface area (Å²) >= 11 is 3.46. The number of fused-ring (bicyclic) bond motifs is 1. The predicted octanol–water partition coefficient (Wildman–Crippen LogP) is 2.11. The molecule has 18 heavy (non-hydrogen) atoms. The van der Waals surface area contributed by atoms with Gasteiger partial charge in [0.25, 0.3) is 4.83 Å². The first-order chi connectivity index (χ1) is 8.29. The van der Waals surface area contributed by atoms with Gasteiger partial charge in [-0.3, -0.25) is 0 Å². The van der Waals surface area contributed by atoms with Crippen LogP contribution in [0.1, 0.15) is 21.9 Å². The molecule has 2 heterocycles. The predicted molar refractivity (Wildman–Crippen MR) is 73.3 cm³/mol. The summed E-state index contributed by atoms with van der Waals surface area (Å²) in [5.41, 5.74) is 1.30. The van der Waals surface area contributed by atoms with Crippen LogP contribution < -0.4 is 4.57 Å². The van der Waals surface area contributed by atoms with Gasteiger partial charge in [-0.25, -0.2) is 8.42 Å². The van der Waals surface area contributed by atoms with Crippen molar-refractivity contribution in [1.29, 1.82) is 0 Å². The van der Waals surface area contributed by atoms with E-state index in [1.54, 1.807) is 22.7 Å². The van der Waals surface area contributed by atoms with E-state index >= 15 is 0 Å². The molecule has 0 radical (unpaired) electrons. The Hall–Kier alpha value is -0.500. The van der Waals surface area contributed by atoms with Crippen LogP contribution in [0.15, 0.2) is 0 Å². The summed E-state index contributed by atoms with van der Waals surface area (Å²) in [6.07, 6.45) is 0.374. The van der Waals surface area contributed by atoms with Crippen LogP contribution in [-0.4, -0.2) is 18.7 Å². The number of thiophene rings is 1. The quantitative estimate of drug-likeness (QED) is 0.642. The highest BCUT2D eigenvalue weighted by atomic mass is 32.2. The van der Waals surface area contributed by atoms with Crippen molar-refractivity contribution in [2.24, 2.45) is 0 Å². The van der Waals surface area contributed by atoms with E-state index in [4.69, 9.17) is 0 Å². The van der Waals surface area contributed by atoms with E-state index in [0.29, 0.717) is 13.0 Å². The smallest absolute Gasteiger partial charge is 0.280 e. The number of nitrogens with zero attached hydrogens (tertiary/aromatic N) is 1. The van der Waals surface area contributed by atoms with Gasteiger partial charge in [0.2, 0.25) is 5.01 Å². The van der Waals surface area contributed by atoms with Crippen LogP contribution in [0.25, 0.3) is 9.53 Å². The zero-order valence-electron chi connectivity index (χ0n) is 10.5. The van der Waals surface area contributed by atoms with E-state index in [1.807, 2.05) is 6.92 Å². The summed E-state index contributed by atoms with van der Waals surface area (Å²) in [5, 5.41) is 1.16. The molecule has 4 nitrogen and oxygen atoms in total. The van der Waals surface area contributed by atoms with Crippen LogP contribution in [0.4, 0.5) is 0 Å². The van der Waals surface area contributed by atoms with Gasteiger partial charge in [-0.2, -0.15) is 4.57 Å². The molecule has 0 unspecified atom stereocenters. The minimum atomic E-state index is -4.10. The van der Waals surface area contributed by atoms with Crippen LogP contribution in [-0.2, 0) is 16.7 Å². The normalized spacial score (nSPS) is 12.4. The molecule has 0 atom stereocenters. The van der Waals surface area contributed by atoms with Crippen LogP contribution >= 0.6 is 22.7 Å². The second-order valence-electron chi connectivity index (χ2n) is 4.31. The lowest BCUT2D eigenvalue weighted by atomic mass is 10.3. The van der Waals surface area contributed by atoms with Crippen molar-refractivity contribution in [3.8, 4) is 0 Å². The highest BCUT2D eigenvalue weighted by Gasteiger charge is 2.22.